The molecule has 0 spiro atoms. The molecule has 0 radical (unpaired) electrons. The van der Waals surface area contributed by atoms with E-state index in [0.29, 0.717) is 12.2 Å². The van der Waals surface area contributed by atoms with E-state index in [-0.39, 0.29) is 31.2 Å². The van der Waals surface area contributed by atoms with Gasteiger partial charge in [-0.2, -0.15) is 0 Å². The average molecular weight is 410 g/mol. The third-order valence-corrected chi connectivity index (χ3v) is 5.75. The second-order valence-electron chi connectivity index (χ2n) is 7.53. The van der Waals surface area contributed by atoms with Crippen LogP contribution in [0.2, 0.25) is 0 Å². The molecule has 2 aromatic carbocycles. The first kappa shape index (κ1) is 20.0. The van der Waals surface area contributed by atoms with Gasteiger partial charge in [-0.25, -0.2) is 0 Å². The highest BCUT2D eigenvalue weighted by molar-refractivity contribution is 6.05. The molecule has 2 aliphatic heterocycles. The molecule has 2 fully saturated rings. The van der Waals surface area contributed by atoms with Crippen LogP contribution in [0, 0.1) is 15.5 Å². The van der Waals surface area contributed by atoms with Crippen molar-refractivity contribution in [3.05, 3.63) is 75.8 Å². The van der Waals surface area contributed by atoms with Crippen molar-refractivity contribution in [2.75, 3.05) is 13.2 Å². The van der Waals surface area contributed by atoms with Crippen molar-refractivity contribution < 1.29 is 24.0 Å². The van der Waals surface area contributed by atoms with Crippen LogP contribution >= 0.6 is 0 Å². The molecule has 2 heterocycles. The molecule has 30 heavy (non-hydrogen) atoms. The lowest BCUT2D eigenvalue weighted by atomic mass is 9.78. The molecule has 4 rings (SSSR count). The number of hydrogen-bond donors (Lipinski definition) is 0. The summed E-state index contributed by atoms with van der Waals surface area (Å²) in [6.07, 6.45) is -0.484. The van der Waals surface area contributed by atoms with Crippen molar-refractivity contribution in [2.45, 2.75) is 32.0 Å². The van der Waals surface area contributed by atoms with E-state index >= 15 is 0 Å². The topological polar surface area (TPSA) is 99.0 Å². The van der Waals surface area contributed by atoms with Gasteiger partial charge >= 0.3 is 5.97 Å². The van der Waals surface area contributed by atoms with Crippen LogP contribution in [-0.4, -0.2) is 41.0 Å². The highest BCUT2D eigenvalue weighted by atomic mass is 16.6. The third-order valence-electron chi connectivity index (χ3n) is 5.75. The quantitative estimate of drug-likeness (QED) is 0.314. The number of para-hydroxylation sites is 1. The maximum absolute atomic E-state index is 13.7. The van der Waals surface area contributed by atoms with Crippen molar-refractivity contribution in [2.24, 2.45) is 5.41 Å². The minimum absolute atomic E-state index is 0.0870. The maximum Gasteiger partial charge on any atom is 0.322 e. The maximum atomic E-state index is 13.7. The molecule has 8 nitrogen and oxygen atoms in total. The van der Waals surface area contributed by atoms with Crippen molar-refractivity contribution in [3.63, 3.8) is 0 Å². The first-order valence-electron chi connectivity index (χ1n) is 9.87. The Bertz CT molecular complexity index is 979. The number of rotatable bonds is 6. The van der Waals surface area contributed by atoms with E-state index in [2.05, 4.69) is 0 Å². The van der Waals surface area contributed by atoms with Crippen molar-refractivity contribution in [1.29, 1.82) is 0 Å². The van der Waals surface area contributed by atoms with Crippen LogP contribution in [0.4, 0.5) is 5.69 Å². The zero-order valence-electron chi connectivity index (χ0n) is 16.5. The highest BCUT2D eigenvalue weighted by Gasteiger charge is 2.61. The van der Waals surface area contributed by atoms with Gasteiger partial charge in [0.25, 0.3) is 5.69 Å². The van der Waals surface area contributed by atoms with E-state index in [1.54, 1.807) is 30.0 Å². The number of nitro groups is 1. The van der Waals surface area contributed by atoms with Crippen molar-refractivity contribution in [3.8, 4) is 0 Å². The van der Waals surface area contributed by atoms with E-state index in [9.17, 15) is 19.7 Å². The summed E-state index contributed by atoms with van der Waals surface area (Å²) in [4.78, 5) is 39.3. The summed E-state index contributed by atoms with van der Waals surface area (Å²) < 4.78 is 11.1. The van der Waals surface area contributed by atoms with Gasteiger partial charge in [-0.3, -0.25) is 19.7 Å². The largest absolute Gasteiger partial charge is 0.465 e. The molecule has 0 aromatic heterocycles. The van der Waals surface area contributed by atoms with Gasteiger partial charge in [-0.15, -0.1) is 0 Å². The molecule has 2 aliphatic rings. The molecular weight excluding hydrogens is 388 g/mol. The number of carbonyl (C=O) groups excluding carboxylic acids is 2. The molecule has 1 unspecified atom stereocenters. The van der Waals surface area contributed by atoms with Gasteiger partial charge in [0.1, 0.15) is 0 Å². The number of carbonyl (C=O) groups is 2. The van der Waals surface area contributed by atoms with E-state index in [1.807, 2.05) is 30.3 Å². The fourth-order valence-corrected chi connectivity index (χ4v) is 4.42. The van der Waals surface area contributed by atoms with E-state index < -0.39 is 28.4 Å². The van der Waals surface area contributed by atoms with E-state index in [1.165, 1.54) is 6.07 Å². The molecule has 0 saturated carbocycles. The van der Waals surface area contributed by atoms with Crippen LogP contribution in [0.3, 0.4) is 0 Å². The van der Waals surface area contributed by atoms with Crippen LogP contribution in [0.15, 0.2) is 54.6 Å². The molecule has 0 bridgehead atoms. The van der Waals surface area contributed by atoms with Gasteiger partial charge in [0.05, 0.1) is 24.2 Å². The Labute approximate surface area is 173 Å². The zero-order chi connectivity index (χ0) is 21.3. The monoisotopic (exact) mass is 410 g/mol. The summed E-state index contributed by atoms with van der Waals surface area (Å²) in [5.41, 5.74) is -0.471. The second kappa shape index (κ2) is 7.87. The minimum atomic E-state index is -1.51. The predicted molar refractivity (Wildman–Crippen MR) is 106 cm³/mol. The zero-order valence-corrected chi connectivity index (χ0v) is 16.5. The molecule has 0 aliphatic carbocycles. The molecule has 2 aromatic rings. The second-order valence-corrected chi connectivity index (χ2v) is 7.53. The van der Waals surface area contributed by atoms with E-state index in [4.69, 9.17) is 9.47 Å². The van der Waals surface area contributed by atoms with Crippen LogP contribution in [0.25, 0.3) is 0 Å². The smallest absolute Gasteiger partial charge is 0.322 e. The van der Waals surface area contributed by atoms with Gasteiger partial charge < -0.3 is 14.4 Å². The Morgan fingerprint density at radius 1 is 1.23 bits per heavy atom. The summed E-state index contributed by atoms with van der Waals surface area (Å²) in [6.45, 7) is 2.09. The van der Waals surface area contributed by atoms with Gasteiger partial charge in [0, 0.05) is 23.6 Å². The van der Waals surface area contributed by atoms with Crippen LogP contribution in [0.5, 0.6) is 0 Å². The summed E-state index contributed by atoms with van der Waals surface area (Å²) in [6, 6.07) is 15.2. The number of esters is 1. The number of nitrogens with zero attached hydrogens (tertiary/aromatic N) is 2. The fraction of sp³-hybridized carbons (Fsp3) is 0.364. The molecule has 1 amide bonds. The lowest BCUT2D eigenvalue weighted by Crippen LogP contribution is -2.44. The summed E-state index contributed by atoms with van der Waals surface area (Å²) >= 11 is 0. The summed E-state index contributed by atoms with van der Waals surface area (Å²) in [7, 11) is 0. The molecule has 3 atom stereocenters. The molecular formula is C22H22N2O6. The first-order valence-corrected chi connectivity index (χ1v) is 9.87. The summed E-state index contributed by atoms with van der Waals surface area (Å²) in [5, 5.41) is 11.5. The molecule has 156 valence electrons. The number of benzene rings is 2. The Balaban J connectivity index is 1.73. The van der Waals surface area contributed by atoms with Gasteiger partial charge in [-0.1, -0.05) is 48.5 Å². The summed E-state index contributed by atoms with van der Waals surface area (Å²) in [5.74, 6) is -1.05. The Kier molecular flexibility index (Phi) is 5.26. The van der Waals surface area contributed by atoms with Crippen LogP contribution in [0.1, 0.15) is 30.7 Å². The SMILES string of the molecule is CCOC(=O)C1(Cc2ccccc2[N+](=O)[O-])C[C@H]2CO[C@H](c3ccccc3)N2C1=O. The lowest BCUT2D eigenvalue weighted by molar-refractivity contribution is -0.385. The fourth-order valence-electron chi connectivity index (χ4n) is 4.42. The number of ether oxygens (including phenoxy) is 2. The first-order chi connectivity index (χ1) is 14.5. The lowest BCUT2D eigenvalue weighted by Gasteiger charge is -2.28. The average Bonchev–Trinajstić information content (AvgIpc) is 3.28. The normalized spacial score (nSPS) is 25.2. The van der Waals surface area contributed by atoms with Crippen LogP contribution in [-0.2, 0) is 25.5 Å². The predicted octanol–water partition coefficient (Wildman–Crippen LogP) is 3.02. The van der Waals surface area contributed by atoms with Gasteiger partial charge in [-0.05, 0) is 13.3 Å². The molecule has 0 N–H and O–H groups in total. The molecule has 8 heteroatoms. The third kappa shape index (κ3) is 3.23. The number of fused-ring (bicyclic) bond motifs is 1. The van der Waals surface area contributed by atoms with Gasteiger partial charge in [0.15, 0.2) is 11.6 Å². The van der Waals surface area contributed by atoms with Crippen molar-refractivity contribution >= 4 is 17.6 Å². The standard InChI is InChI=1S/C22H22N2O6/c1-2-29-21(26)22(12-16-10-6-7-11-18(16)24(27)28)13-17-14-30-19(23(17)20(22)25)15-8-4-3-5-9-15/h3-11,17,19H,2,12-14H2,1H3/t17-,19+,22?/m0/s1. The number of hydrogen-bond acceptors (Lipinski definition) is 6. The highest BCUT2D eigenvalue weighted by Crippen LogP contribution is 2.48. The van der Waals surface area contributed by atoms with Gasteiger partial charge in [0.2, 0.25) is 5.91 Å². The number of nitro benzene ring substituents is 1. The Morgan fingerprint density at radius 2 is 1.93 bits per heavy atom. The molecule has 2 saturated heterocycles. The Hall–Kier alpha value is -3.26. The Morgan fingerprint density at radius 3 is 2.63 bits per heavy atom. The minimum Gasteiger partial charge on any atom is -0.465 e. The van der Waals surface area contributed by atoms with Crippen molar-refractivity contribution in [1.82, 2.24) is 4.90 Å². The van der Waals surface area contributed by atoms with E-state index in [0.717, 1.165) is 5.56 Å². The van der Waals surface area contributed by atoms with Crippen LogP contribution < -0.4 is 0 Å². The number of amides is 1.